The maximum atomic E-state index is 12.8. The standard InChI is InChI=1S/C13H10FN5O2S/c14-10-3-7-12(8-4-10)22(20,21)17-11-5-1-9(2-6-11)13-15-18-19-16-13/h1-8,17H,(H,15,16,18,19). The molecule has 2 N–H and O–H groups in total. The third-order valence-corrected chi connectivity index (χ3v) is 4.26. The van der Waals surface area contributed by atoms with Crippen molar-refractivity contribution in [1.82, 2.24) is 20.6 Å². The van der Waals surface area contributed by atoms with Gasteiger partial charge in [0, 0.05) is 11.3 Å². The number of aromatic nitrogens is 4. The van der Waals surface area contributed by atoms with Gasteiger partial charge in [0.05, 0.1) is 4.90 Å². The number of tetrazole rings is 1. The van der Waals surface area contributed by atoms with Gasteiger partial charge in [0.15, 0.2) is 0 Å². The SMILES string of the molecule is O=S(=O)(Nc1ccc(-c2nn[nH]n2)cc1)c1ccc(F)cc1. The molecule has 0 fully saturated rings. The maximum absolute atomic E-state index is 12.8. The molecule has 3 rings (SSSR count). The Morgan fingerprint density at radius 2 is 1.68 bits per heavy atom. The lowest BCUT2D eigenvalue weighted by Gasteiger charge is -2.08. The van der Waals surface area contributed by atoms with E-state index in [0.717, 1.165) is 12.1 Å². The number of benzene rings is 2. The van der Waals surface area contributed by atoms with Gasteiger partial charge in [-0.15, -0.1) is 10.2 Å². The van der Waals surface area contributed by atoms with Crippen LogP contribution in [0, 0.1) is 5.82 Å². The van der Waals surface area contributed by atoms with Gasteiger partial charge >= 0.3 is 0 Å². The van der Waals surface area contributed by atoms with Crippen LogP contribution < -0.4 is 4.72 Å². The van der Waals surface area contributed by atoms with Gasteiger partial charge in [-0.05, 0) is 53.7 Å². The first-order valence-electron chi connectivity index (χ1n) is 6.17. The van der Waals surface area contributed by atoms with Crippen molar-refractivity contribution in [2.24, 2.45) is 0 Å². The summed E-state index contributed by atoms with van der Waals surface area (Å²) in [6.07, 6.45) is 0. The van der Waals surface area contributed by atoms with Crippen molar-refractivity contribution in [2.75, 3.05) is 4.72 Å². The van der Waals surface area contributed by atoms with Crippen molar-refractivity contribution in [2.45, 2.75) is 4.90 Å². The molecule has 7 nitrogen and oxygen atoms in total. The van der Waals surface area contributed by atoms with E-state index in [9.17, 15) is 12.8 Å². The molecule has 0 amide bonds. The number of aromatic amines is 1. The molecule has 2 aromatic carbocycles. The number of hydrogen-bond acceptors (Lipinski definition) is 5. The second-order valence-electron chi connectivity index (χ2n) is 4.37. The van der Waals surface area contributed by atoms with Gasteiger partial charge in [-0.25, -0.2) is 12.8 Å². The van der Waals surface area contributed by atoms with Gasteiger partial charge < -0.3 is 0 Å². The van der Waals surface area contributed by atoms with Crippen LogP contribution in [0.5, 0.6) is 0 Å². The van der Waals surface area contributed by atoms with E-state index in [2.05, 4.69) is 25.3 Å². The van der Waals surface area contributed by atoms with E-state index in [0.29, 0.717) is 17.1 Å². The van der Waals surface area contributed by atoms with Gasteiger partial charge in [-0.3, -0.25) is 4.72 Å². The number of H-pyrrole nitrogens is 1. The molecule has 9 heteroatoms. The first kappa shape index (κ1) is 14.1. The number of nitrogens with zero attached hydrogens (tertiary/aromatic N) is 3. The second-order valence-corrected chi connectivity index (χ2v) is 6.05. The summed E-state index contributed by atoms with van der Waals surface area (Å²) in [4.78, 5) is -0.0175. The van der Waals surface area contributed by atoms with Crippen molar-refractivity contribution in [3.8, 4) is 11.4 Å². The summed E-state index contributed by atoms with van der Waals surface area (Å²) < 4.78 is 39.6. The molecule has 0 radical (unpaired) electrons. The highest BCUT2D eigenvalue weighted by atomic mass is 32.2. The minimum absolute atomic E-state index is 0.0175. The minimum Gasteiger partial charge on any atom is -0.280 e. The van der Waals surface area contributed by atoms with Gasteiger partial charge in [-0.2, -0.15) is 5.21 Å². The predicted molar refractivity (Wildman–Crippen MR) is 76.8 cm³/mol. The molecule has 22 heavy (non-hydrogen) atoms. The Labute approximate surface area is 125 Å². The summed E-state index contributed by atoms with van der Waals surface area (Å²) in [5.41, 5.74) is 1.06. The monoisotopic (exact) mass is 319 g/mol. The molecule has 3 aromatic rings. The number of hydrogen-bond donors (Lipinski definition) is 2. The molecule has 0 atom stereocenters. The number of halogens is 1. The Morgan fingerprint density at radius 3 is 2.27 bits per heavy atom. The second kappa shape index (κ2) is 5.53. The van der Waals surface area contributed by atoms with E-state index in [1.165, 1.54) is 12.1 Å². The molecular weight excluding hydrogens is 309 g/mol. The van der Waals surface area contributed by atoms with E-state index in [-0.39, 0.29) is 4.90 Å². The zero-order valence-electron chi connectivity index (χ0n) is 11.1. The first-order chi connectivity index (χ1) is 10.5. The van der Waals surface area contributed by atoms with Crippen LogP contribution in [0.3, 0.4) is 0 Å². The van der Waals surface area contributed by atoms with Crippen LogP contribution in [0.2, 0.25) is 0 Å². The van der Waals surface area contributed by atoms with Crippen molar-refractivity contribution in [3.63, 3.8) is 0 Å². The van der Waals surface area contributed by atoms with Crippen LogP contribution in [-0.2, 0) is 10.0 Å². The van der Waals surface area contributed by atoms with Crippen molar-refractivity contribution >= 4 is 15.7 Å². The molecule has 112 valence electrons. The van der Waals surface area contributed by atoms with Crippen LogP contribution in [0.1, 0.15) is 0 Å². The third-order valence-electron chi connectivity index (χ3n) is 2.86. The Kier molecular flexibility index (Phi) is 3.55. The van der Waals surface area contributed by atoms with E-state index < -0.39 is 15.8 Å². The van der Waals surface area contributed by atoms with E-state index in [4.69, 9.17) is 0 Å². The zero-order valence-corrected chi connectivity index (χ0v) is 11.9. The summed E-state index contributed by atoms with van der Waals surface area (Å²) in [7, 11) is -3.76. The summed E-state index contributed by atoms with van der Waals surface area (Å²) in [5.74, 6) is -0.0867. The predicted octanol–water partition coefficient (Wildman–Crippen LogP) is 1.81. The van der Waals surface area contributed by atoms with E-state index >= 15 is 0 Å². The number of nitrogens with one attached hydrogen (secondary N) is 2. The van der Waals surface area contributed by atoms with Crippen LogP contribution in [0.25, 0.3) is 11.4 Å². The fraction of sp³-hybridized carbons (Fsp3) is 0. The van der Waals surface area contributed by atoms with Gasteiger partial charge in [-0.1, -0.05) is 0 Å². The molecule has 0 bridgehead atoms. The highest BCUT2D eigenvalue weighted by Gasteiger charge is 2.14. The van der Waals surface area contributed by atoms with Crippen LogP contribution in [0.15, 0.2) is 53.4 Å². The number of rotatable bonds is 4. The summed E-state index contributed by atoms with van der Waals surface area (Å²) in [5, 5.41) is 13.4. The smallest absolute Gasteiger partial charge is 0.261 e. The molecule has 0 aliphatic rings. The van der Waals surface area contributed by atoms with Gasteiger partial charge in [0.25, 0.3) is 10.0 Å². The summed E-state index contributed by atoms with van der Waals surface area (Å²) in [6, 6.07) is 11.1. The molecule has 1 heterocycles. The highest BCUT2D eigenvalue weighted by Crippen LogP contribution is 2.20. The van der Waals surface area contributed by atoms with Crippen LogP contribution >= 0.6 is 0 Å². The lowest BCUT2D eigenvalue weighted by molar-refractivity contribution is 0.599. The molecular formula is C13H10FN5O2S. The summed E-state index contributed by atoms with van der Waals surface area (Å²) >= 11 is 0. The quantitative estimate of drug-likeness (QED) is 0.764. The number of sulfonamides is 1. The number of anilines is 1. The largest absolute Gasteiger partial charge is 0.280 e. The molecule has 0 aliphatic carbocycles. The lowest BCUT2D eigenvalue weighted by Crippen LogP contribution is -2.12. The van der Waals surface area contributed by atoms with Crippen LogP contribution in [-0.4, -0.2) is 29.0 Å². The Hall–Kier alpha value is -2.81. The lowest BCUT2D eigenvalue weighted by atomic mass is 10.2. The molecule has 0 spiro atoms. The molecule has 0 saturated carbocycles. The van der Waals surface area contributed by atoms with E-state index in [1.54, 1.807) is 24.3 Å². The first-order valence-corrected chi connectivity index (χ1v) is 7.65. The maximum Gasteiger partial charge on any atom is 0.261 e. The van der Waals surface area contributed by atoms with Gasteiger partial charge in [0.1, 0.15) is 5.82 Å². The van der Waals surface area contributed by atoms with Crippen molar-refractivity contribution < 1.29 is 12.8 Å². The molecule has 0 aliphatic heterocycles. The minimum atomic E-state index is -3.76. The zero-order chi connectivity index (χ0) is 15.6. The van der Waals surface area contributed by atoms with Gasteiger partial charge in [0.2, 0.25) is 5.82 Å². The average Bonchev–Trinajstić information content (AvgIpc) is 3.02. The van der Waals surface area contributed by atoms with E-state index in [1.807, 2.05) is 0 Å². The third kappa shape index (κ3) is 2.93. The van der Waals surface area contributed by atoms with Crippen molar-refractivity contribution in [1.29, 1.82) is 0 Å². The van der Waals surface area contributed by atoms with Crippen molar-refractivity contribution in [3.05, 3.63) is 54.3 Å². The fourth-order valence-corrected chi connectivity index (χ4v) is 2.86. The average molecular weight is 319 g/mol. The highest BCUT2D eigenvalue weighted by molar-refractivity contribution is 7.92. The molecule has 1 aromatic heterocycles. The normalized spacial score (nSPS) is 11.3. The Balaban J connectivity index is 1.82. The summed E-state index contributed by atoms with van der Waals surface area (Å²) in [6.45, 7) is 0. The Morgan fingerprint density at radius 1 is 1.00 bits per heavy atom. The Bertz CT molecular complexity index is 862. The van der Waals surface area contributed by atoms with Crippen LogP contribution in [0.4, 0.5) is 10.1 Å². The fourth-order valence-electron chi connectivity index (χ4n) is 1.80. The molecule has 0 unspecified atom stereocenters. The topological polar surface area (TPSA) is 101 Å². The molecule has 0 saturated heterocycles.